The third kappa shape index (κ3) is 5.53. The van der Waals surface area contributed by atoms with Gasteiger partial charge in [0.2, 0.25) is 5.91 Å². The highest BCUT2D eigenvalue weighted by molar-refractivity contribution is 6.40. The van der Waals surface area contributed by atoms with Crippen LogP contribution in [-0.2, 0) is 4.79 Å². The zero-order valence-electron chi connectivity index (χ0n) is 4.48. The Morgan fingerprint density at radius 3 is 2.57 bits per heavy atom. The highest BCUT2D eigenvalue weighted by atomic mass is 16.1. The molecular formula is C4H9BNO. The summed E-state index contributed by atoms with van der Waals surface area (Å²) in [6.45, 7) is 1.98. The van der Waals surface area contributed by atoms with Gasteiger partial charge in [-0.3, -0.25) is 4.79 Å². The molecule has 0 rings (SSSR count). The van der Waals surface area contributed by atoms with Crippen LogP contribution in [0.15, 0.2) is 0 Å². The molecule has 0 bridgehead atoms. The minimum absolute atomic E-state index is 0.248. The third-order valence-electron chi connectivity index (χ3n) is 0.634. The summed E-state index contributed by atoms with van der Waals surface area (Å²) in [7, 11) is 1.85. The van der Waals surface area contributed by atoms with Gasteiger partial charge in [0.1, 0.15) is 7.28 Å². The van der Waals surface area contributed by atoms with E-state index in [2.05, 4.69) is 0 Å². The first-order valence-corrected chi connectivity index (χ1v) is 2.37. The normalized spacial score (nSPS) is 8.14. The second-order valence-corrected chi connectivity index (χ2v) is 1.37. The number of primary amides is 1. The molecule has 2 nitrogen and oxygen atoms in total. The molecule has 1 radical (unpaired) electrons. The fourth-order valence-electron chi connectivity index (χ4n) is 0.287. The Morgan fingerprint density at radius 2 is 2.43 bits per heavy atom. The molecule has 0 aliphatic carbocycles. The number of hydrogen-bond acceptors (Lipinski definition) is 1. The lowest BCUT2D eigenvalue weighted by Crippen LogP contribution is -2.11. The van der Waals surface area contributed by atoms with Crippen LogP contribution >= 0.6 is 0 Å². The van der Waals surface area contributed by atoms with Crippen molar-refractivity contribution in [3.8, 4) is 0 Å². The average Bonchev–Trinajstić information content (AvgIpc) is 1.61. The van der Waals surface area contributed by atoms with E-state index in [0.29, 0.717) is 6.32 Å². The van der Waals surface area contributed by atoms with Gasteiger partial charge in [-0.25, -0.2) is 0 Å². The Balaban J connectivity index is 2.82. The summed E-state index contributed by atoms with van der Waals surface area (Å²) in [4.78, 5) is 9.95. The molecule has 0 unspecified atom stereocenters. The molecule has 0 aromatic rings. The number of carbonyl (C=O) groups is 1. The molecule has 0 atom stereocenters. The Bertz CT molecular complexity index is 64.7. The number of carbonyl (C=O) groups excluding carboxylic acids is 1. The summed E-state index contributed by atoms with van der Waals surface area (Å²) in [6.07, 6.45) is 1.33. The van der Waals surface area contributed by atoms with Crippen molar-refractivity contribution in [2.75, 3.05) is 0 Å². The van der Waals surface area contributed by atoms with Gasteiger partial charge in [-0.2, -0.15) is 0 Å². The number of nitrogens with two attached hydrogens (primary N) is 1. The molecule has 0 aromatic heterocycles. The molecule has 1 amide bonds. The van der Waals surface area contributed by atoms with E-state index in [1.54, 1.807) is 0 Å². The van der Waals surface area contributed by atoms with Gasteiger partial charge in [0.25, 0.3) is 0 Å². The first-order chi connectivity index (χ1) is 3.27. The molecule has 0 aliphatic rings. The van der Waals surface area contributed by atoms with Gasteiger partial charge >= 0.3 is 0 Å². The van der Waals surface area contributed by atoms with Crippen molar-refractivity contribution >= 4 is 13.2 Å². The highest BCUT2D eigenvalue weighted by Gasteiger charge is 1.90. The largest absolute Gasteiger partial charge is 0.370 e. The maximum Gasteiger partial charge on any atom is 0.209 e. The maximum absolute atomic E-state index is 9.95. The number of rotatable bonds is 3. The van der Waals surface area contributed by atoms with Crippen LogP contribution in [0.2, 0.25) is 12.6 Å². The quantitative estimate of drug-likeness (QED) is 0.497. The van der Waals surface area contributed by atoms with Gasteiger partial charge < -0.3 is 5.73 Å². The van der Waals surface area contributed by atoms with E-state index in [4.69, 9.17) is 5.73 Å². The lowest BCUT2D eigenvalue weighted by Gasteiger charge is -1.84. The second kappa shape index (κ2) is 3.72. The topological polar surface area (TPSA) is 43.1 Å². The first kappa shape index (κ1) is 6.53. The van der Waals surface area contributed by atoms with E-state index in [-0.39, 0.29) is 5.91 Å². The summed E-state index contributed by atoms with van der Waals surface area (Å²) in [5.74, 6) is -0.248. The Morgan fingerprint density at radius 1 is 1.86 bits per heavy atom. The lowest BCUT2D eigenvalue weighted by molar-refractivity contribution is -0.115. The van der Waals surface area contributed by atoms with E-state index < -0.39 is 0 Å². The summed E-state index contributed by atoms with van der Waals surface area (Å²) < 4.78 is 0. The minimum Gasteiger partial charge on any atom is -0.370 e. The third-order valence-corrected chi connectivity index (χ3v) is 0.634. The molecule has 0 aromatic carbocycles. The molecule has 0 spiro atoms. The van der Waals surface area contributed by atoms with Gasteiger partial charge in [-0.1, -0.05) is 13.2 Å². The number of hydrogen-bond donors (Lipinski definition) is 1. The highest BCUT2D eigenvalue weighted by Crippen LogP contribution is 1.79. The van der Waals surface area contributed by atoms with Crippen molar-refractivity contribution in [2.45, 2.75) is 19.6 Å². The molecule has 3 heteroatoms. The minimum atomic E-state index is -0.248. The van der Waals surface area contributed by atoms with Crippen LogP contribution in [0, 0.1) is 0 Å². The summed E-state index contributed by atoms with van der Waals surface area (Å²) >= 11 is 0. The van der Waals surface area contributed by atoms with Gasteiger partial charge in [0.15, 0.2) is 0 Å². The molecule has 39 valence electrons. The first-order valence-electron chi connectivity index (χ1n) is 2.37. The predicted molar refractivity (Wildman–Crippen MR) is 30.2 cm³/mol. The lowest BCUT2D eigenvalue weighted by atomic mass is 9.72. The molecule has 0 saturated heterocycles. The predicted octanol–water partition coefficient (Wildman–Crippen LogP) is 0.0324. The SMILES string of the molecule is CC[B]CC(N)=O. The van der Waals surface area contributed by atoms with E-state index in [9.17, 15) is 4.79 Å². The van der Waals surface area contributed by atoms with Gasteiger partial charge in [0, 0.05) is 0 Å². The molecule has 0 saturated carbocycles. The van der Waals surface area contributed by atoms with Gasteiger partial charge in [0.05, 0.1) is 0 Å². The van der Waals surface area contributed by atoms with E-state index in [1.807, 2.05) is 14.2 Å². The Kier molecular flexibility index (Phi) is 3.47. The van der Waals surface area contributed by atoms with Crippen molar-refractivity contribution in [1.82, 2.24) is 0 Å². The van der Waals surface area contributed by atoms with E-state index in [1.165, 1.54) is 0 Å². The fraction of sp³-hybridized carbons (Fsp3) is 0.750. The van der Waals surface area contributed by atoms with Crippen LogP contribution in [0.25, 0.3) is 0 Å². The van der Waals surface area contributed by atoms with Crippen molar-refractivity contribution in [3.63, 3.8) is 0 Å². The monoisotopic (exact) mass is 98.1 g/mol. The summed E-state index contributed by atoms with van der Waals surface area (Å²) in [5, 5.41) is 0. The molecule has 0 fully saturated rings. The average molecular weight is 97.9 g/mol. The molecule has 0 aliphatic heterocycles. The molecule has 7 heavy (non-hydrogen) atoms. The molecular weight excluding hydrogens is 88.9 g/mol. The fourth-order valence-corrected chi connectivity index (χ4v) is 0.287. The van der Waals surface area contributed by atoms with E-state index >= 15 is 0 Å². The van der Waals surface area contributed by atoms with Crippen molar-refractivity contribution < 1.29 is 4.79 Å². The standard InChI is InChI=1S/C4H9BNO/c1-2-5-3-4(6)7/h2-3H2,1H3,(H2,6,7). The van der Waals surface area contributed by atoms with Crippen LogP contribution < -0.4 is 5.73 Å². The van der Waals surface area contributed by atoms with Crippen LogP contribution in [0.4, 0.5) is 0 Å². The van der Waals surface area contributed by atoms with Crippen molar-refractivity contribution in [3.05, 3.63) is 0 Å². The van der Waals surface area contributed by atoms with Crippen LogP contribution in [0.3, 0.4) is 0 Å². The summed E-state index contributed by atoms with van der Waals surface area (Å²) in [6, 6.07) is 0. The van der Waals surface area contributed by atoms with Crippen LogP contribution in [0.1, 0.15) is 6.92 Å². The zero-order valence-corrected chi connectivity index (χ0v) is 4.48. The maximum atomic E-state index is 9.95. The Hall–Kier alpha value is -0.465. The smallest absolute Gasteiger partial charge is 0.209 e. The Labute approximate surface area is 44.3 Å². The van der Waals surface area contributed by atoms with Crippen molar-refractivity contribution in [1.29, 1.82) is 0 Å². The summed E-state index contributed by atoms with van der Waals surface area (Å²) in [5.41, 5.74) is 4.81. The van der Waals surface area contributed by atoms with E-state index in [0.717, 1.165) is 6.32 Å². The van der Waals surface area contributed by atoms with Crippen molar-refractivity contribution in [2.24, 2.45) is 5.73 Å². The zero-order chi connectivity index (χ0) is 5.70. The van der Waals surface area contributed by atoms with Crippen LogP contribution in [-0.4, -0.2) is 13.2 Å². The van der Waals surface area contributed by atoms with Gasteiger partial charge in [-0.15, -0.1) is 0 Å². The molecule has 0 heterocycles. The van der Waals surface area contributed by atoms with Gasteiger partial charge in [-0.05, 0) is 6.32 Å². The number of amides is 1. The second-order valence-electron chi connectivity index (χ2n) is 1.37. The molecule has 2 N–H and O–H groups in total. The van der Waals surface area contributed by atoms with Crippen LogP contribution in [0.5, 0.6) is 0 Å².